The highest BCUT2D eigenvalue weighted by atomic mass is 35.5. The van der Waals surface area contributed by atoms with Crippen molar-refractivity contribution < 1.29 is 0 Å². The molecule has 1 heterocycles. The summed E-state index contributed by atoms with van der Waals surface area (Å²) in [4.78, 5) is 3.01. The van der Waals surface area contributed by atoms with E-state index >= 15 is 0 Å². The molecule has 106 valence electrons. The Morgan fingerprint density at radius 3 is 2.75 bits per heavy atom. The maximum Gasteiger partial charge on any atom is 0.107 e. The molecule has 0 fully saturated rings. The van der Waals surface area contributed by atoms with Crippen LogP contribution in [0.15, 0.2) is 30.3 Å². The van der Waals surface area contributed by atoms with Crippen LogP contribution >= 0.6 is 35.2 Å². The van der Waals surface area contributed by atoms with E-state index in [1.807, 2.05) is 23.5 Å². The molecule has 0 amide bonds. The summed E-state index contributed by atoms with van der Waals surface area (Å²) in [6.07, 6.45) is 0.960. The molecule has 0 spiro atoms. The number of thiophene rings is 1. The minimum Gasteiger partial charge on any atom is -0.389 e. The predicted molar refractivity (Wildman–Crippen MR) is 93.2 cm³/mol. The van der Waals surface area contributed by atoms with Gasteiger partial charge in [0.1, 0.15) is 4.99 Å². The van der Waals surface area contributed by atoms with Crippen molar-refractivity contribution in [2.45, 2.75) is 26.3 Å². The van der Waals surface area contributed by atoms with Gasteiger partial charge in [-0.1, -0.05) is 29.9 Å². The van der Waals surface area contributed by atoms with Crippen molar-refractivity contribution in [2.75, 3.05) is 5.32 Å². The molecule has 0 radical (unpaired) electrons. The molecule has 0 saturated carbocycles. The normalized spacial score (nSPS) is 12.2. The SMILES string of the molecule is Cc1ccc(CC(C)Nc2cccc(Cl)c2C(N)=S)s1. The second-order valence-corrected chi connectivity index (χ2v) is 7.01. The Kier molecular flexibility index (Phi) is 5.02. The first-order valence-electron chi connectivity index (χ1n) is 6.37. The molecule has 0 saturated heterocycles. The van der Waals surface area contributed by atoms with E-state index in [9.17, 15) is 0 Å². The number of rotatable bonds is 5. The van der Waals surface area contributed by atoms with Crippen molar-refractivity contribution in [2.24, 2.45) is 5.73 Å². The van der Waals surface area contributed by atoms with Crippen LogP contribution in [0.25, 0.3) is 0 Å². The van der Waals surface area contributed by atoms with Gasteiger partial charge in [0.2, 0.25) is 0 Å². The van der Waals surface area contributed by atoms with Gasteiger partial charge in [0.15, 0.2) is 0 Å². The van der Waals surface area contributed by atoms with Gasteiger partial charge in [-0.05, 0) is 38.1 Å². The average molecular weight is 325 g/mol. The molecular weight excluding hydrogens is 308 g/mol. The Morgan fingerprint density at radius 2 is 2.15 bits per heavy atom. The number of thiocarbonyl (C=S) groups is 1. The van der Waals surface area contributed by atoms with Crippen molar-refractivity contribution in [3.63, 3.8) is 0 Å². The molecule has 2 rings (SSSR count). The van der Waals surface area contributed by atoms with Gasteiger partial charge in [0, 0.05) is 27.9 Å². The molecule has 2 nitrogen and oxygen atoms in total. The van der Waals surface area contributed by atoms with Crippen molar-refractivity contribution in [1.29, 1.82) is 0 Å². The van der Waals surface area contributed by atoms with Crippen LogP contribution < -0.4 is 11.1 Å². The number of anilines is 1. The molecule has 3 N–H and O–H groups in total. The van der Waals surface area contributed by atoms with E-state index in [0.717, 1.165) is 17.7 Å². The summed E-state index contributed by atoms with van der Waals surface area (Å²) in [5.41, 5.74) is 7.37. The van der Waals surface area contributed by atoms with Gasteiger partial charge in [-0.3, -0.25) is 0 Å². The summed E-state index contributed by atoms with van der Waals surface area (Å²) in [7, 11) is 0. The second-order valence-electron chi connectivity index (χ2n) is 4.79. The third-order valence-corrected chi connectivity index (χ3v) is 4.51. The zero-order chi connectivity index (χ0) is 14.7. The predicted octanol–water partition coefficient (Wildman–Crippen LogP) is 4.39. The first kappa shape index (κ1) is 15.3. The summed E-state index contributed by atoms with van der Waals surface area (Å²) >= 11 is 13.1. The van der Waals surface area contributed by atoms with Gasteiger partial charge in [-0.25, -0.2) is 0 Å². The average Bonchev–Trinajstić information content (AvgIpc) is 2.74. The summed E-state index contributed by atoms with van der Waals surface area (Å²) in [6.45, 7) is 4.26. The molecular formula is C15H17ClN2S2. The number of nitrogens with one attached hydrogen (secondary N) is 1. The quantitative estimate of drug-likeness (QED) is 0.801. The van der Waals surface area contributed by atoms with E-state index in [0.29, 0.717) is 10.0 Å². The van der Waals surface area contributed by atoms with Gasteiger partial charge < -0.3 is 11.1 Å². The largest absolute Gasteiger partial charge is 0.389 e. The topological polar surface area (TPSA) is 38.0 Å². The van der Waals surface area contributed by atoms with E-state index in [1.165, 1.54) is 9.75 Å². The Labute approximate surface area is 134 Å². The molecule has 1 aromatic heterocycles. The Bertz CT molecular complexity index is 622. The maximum atomic E-state index is 6.17. The molecule has 1 aromatic carbocycles. The first-order valence-corrected chi connectivity index (χ1v) is 7.98. The smallest absolute Gasteiger partial charge is 0.107 e. The fourth-order valence-corrected chi connectivity index (χ4v) is 3.68. The van der Waals surface area contributed by atoms with E-state index < -0.39 is 0 Å². The highest BCUT2D eigenvalue weighted by molar-refractivity contribution is 7.80. The van der Waals surface area contributed by atoms with Crippen LogP contribution in [0.3, 0.4) is 0 Å². The Balaban J connectivity index is 2.13. The van der Waals surface area contributed by atoms with Crippen LogP contribution in [0.2, 0.25) is 5.02 Å². The second kappa shape index (κ2) is 6.57. The fourth-order valence-electron chi connectivity index (χ4n) is 2.11. The Morgan fingerprint density at radius 1 is 1.40 bits per heavy atom. The third kappa shape index (κ3) is 3.72. The highest BCUT2D eigenvalue weighted by Gasteiger charge is 2.12. The molecule has 2 aromatic rings. The summed E-state index contributed by atoms with van der Waals surface area (Å²) in [5.74, 6) is 0. The van der Waals surface area contributed by atoms with Crippen molar-refractivity contribution >= 4 is 45.8 Å². The number of benzene rings is 1. The van der Waals surface area contributed by atoms with Crippen molar-refractivity contribution in [1.82, 2.24) is 0 Å². The van der Waals surface area contributed by atoms with Crippen LogP contribution in [0.4, 0.5) is 5.69 Å². The molecule has 20 heavy (non-hydrogen) atoms. The van der Waals surface area contributed by atoms with Gasteiger partial charge >= 0.3 is 0 Å². The number of aryl methyl sites for hydroxylation is 1. The molecule has 1 atom stereocenters. The van der Waals surface area contributed by atoms with E-state index in [-0.39, 0.29) is 6.04 Å². The number of hydrogen-bond donors (Lipinski definition) is 2. The summed E-state index contributed by atoms with van der Waals surface area (Å²) in [5, 5.41) is 4.03. The number of hydrogen-bond acceptors (Lipinski definition) is 3. The molecule has 0 aliphatic carbocycles. The molecule has 0 bridgehead atoms. The van der Waals surface area contributed by atoms with Gasteiger partial charge in [0.05, 0.1) is 10.6 Å². The van der Waals surface area contributed by atoms with Crippen LogP contribution in [-0.2, 0) is 6.42 Å². The first-order chi connectivity index (χ1) is 9.47. The maximum absolute atomic E-state index is 6.17. The summed E-state index contributed by atoms with van der Waals surface area (Å²) in [6, 6.07) is 10.2. The molecule has 0 aliphatic rings. The number of nitrogens with two attached hydrogens (primary N) is 1. The third-order valence-electron chi connectivity index (χ3n) is 2.97. The van der Waals surface area contributed by atoms with Crippen LogP contribution in [0.5, 0.6) is 0 Å². The minimum absolute atomic E-state index is 0.277. The standard InChI is InChI=1S/C15H17ClN2S2/c1-9(8-11-7-6-10(2)20-11)18-13-5-3-4-12(16)14(13)15(17)19/h3-7,9,18H,8H2,1-2H3,(H2,17,19). The minimum atomic E-state index is 0.277. The van der Waals surface area contributed by atoms with E-state index in [4.69, 9.17) is 29.6 Å². The van der Waals surface area contributed by atoms with Gasteiger partial charge in [-0.15, -0.1) is 11.3 Å². The van der Waals surface area contributed by atoms with Crippen LogP contribution in [0, 0.1) is 6.92 Å². The van der Waals surface area contributed by atoms with Crippen molar-refractivity contribution in [3.05, 3.63) is 50.7 Å². The summed E-state index contributed by atoms with van der Waals surface area (Å²) < 4.78 is 0. The van der Waals surface area contributed by atoms with Crippen molar-refractivity contribution in [3.8, 4) is 0 Å². The van der Waals surface area contributed by atoms with Gasteiger partial charge in [0.25, 0.3) is 0 Å². The molecule has 5 heteroatoms. The zero-order valence-electron chi connectivity index (χ0n) is 11.4. The lowest BCUT2D eigenvalue weighted by Gasteiger charge is -2.18. The number of halogens is 1. The fraction of sp³-hybridized carbons (Fsp3) is 0.267. The lowest BCUT2D eigenvalue weighted by atomic mass is 10.1. The monoisotopic (exact) mass is 324 g/mol. The highest BCUT2D eigenvalue weighted by Crippen LogP contribution is 2.26. The van der Waals surface area contributed by atoms with Gasteiger partial charge in [-0.2, -0.15) is 0 Å². The molecule has 1 unspecified atom stereocenters. The molecule has 0 aliphatic heterocycles. The van der Waals surface area contributed by atoms with Crippen LogP contribution in [0.1, 0.15) is 22.2 Å². The van der Waals surface area contributed by atoms with E-state index in [1.54, 1.807) is 6.07 Å². The van der Waals surface area contributed by atoms with E-state index in [2.05, 4.69) is 31.3 Å². The van der Waals surface area contributed by atoms with Crippen LogP contribution in [-0.4, -0.2) is 11.0 Å². The lowest BCUT2D eigenvalue weighted by molar-refractivity contribution is 0.800. The zero-order valence-corrected chi connectivity index (χ0v) is 13.8. The lowest BCUT2D eigenvalue weighted by Crippen LogP contribution is -2.21. The Hall–Kier alpha value is -1.10.